The molecular weight excluding hydrogens is 636 g/mol. The molecule has 0 N–H and O–H groups in total. The van der Waals surface area contributed by atoms with Crippen LogP contribution in [0.25, 0.3) is 0 Å². The smallest absolute Gasteiger partial charge is 0.306 e. The van der Waals surface area contributed by atoms with Crippen LogP contribution < -0.4 is 0 Å². The van der Waals surface area contributed by atoms with Crippen molar-refractivity contribution in [2.45, 2.75) is 258 Å². The second-order valence-corrected chi connectivity index (χ2v) is 15.3. The molecule has 0 saturated heterocycles. The van der Waals surface area contributed by atoms with Crippen LogP contribution in [0.15, 0.2) is 0 Å². The number of hydrogen-bond acceptors (Lipinski definition) is 6. The van der Waals surface area contributed by atoms with Gasteiger partial charge in [-0.05, 0) is 19.3 Å². The molecule has 0 heterocycles. The predicted molar refractivity (Wildman–Crippen MR) is 215 cm³/mol. The first kappa shape index (κ1) is 49.4. The number of carbonyl (C=O) groups excluding carboxylic acids is 3. The first-order valence-electron chi connectivity index (χ1n) is 22.5. The van der Waals surface area contributed by atoms with Crippen LogP contribution in [-0.4, -0.2) is 37.2 Å². The summed E-state index contributed by atoms with van der Waals surface area (Å²) in [6.07, 6.45) is 40.8. The second kappa shape index (κ2) is 41.2. The monoisotopic (exact) mass is 723 g/mol. The minimum absolute atomic E-state index is 0.0629. The summed E-state index contributed by atoms with van der Waals surface area (Å²) in [6.45, 7) is 6.63. The van der Waals surface area contributed by atoms with E-state index in [-0.39, 0.29) is 31.1 Å². The lowest BCUT2D eigenvalue weighted by atomic mass is 10.1. The highest BCUT2D eigenvalue weighted by molar-refractivity contribution is 5.71. The van der Waals surface area contributed by atoms with E-state index in [0.29, 0.717) is 19.3 Å². The van der Waals surface area contributed by atoms with Gasteiger partial charge in [0.05, 0.1) is 0 Å². The van der Waals surface area contributed by atoms with Crippen LogP contribution >= 0.6 is 0 Å². The van der Waals surface area contributed by atoms with E-state index in [1.165, 1.54) is 154 Å². The Labute approximate surface area is 317 Å². The molecule has 0 rings (SSSR count). The maximum Gasteiger partial charge on any atom is 0.306 e. The fraction of sp³-hybridized carbons (Fsp3) is 0.933. The second-order valence-electron chi connectivity index (χ2n) is 15.3. The maximum absolute atomic E-state index is 12.7. The topological polar surface area (TPSA) is 78.9 Å². The zero-order chi connectivity index (χ0) is 37.3. The van der Waals surface area contributed by atoms with E-state index in [0.717, 1.165) is 57.8 Å². The van der Waals surface area contributed by atoms with Gasteiger partial charge in [-0.2, -0.15) is 0 Å². The van der Waals surface area contributed by atoms with Crippen LogP contribution in [0.5, 0.6) is 0 Å². The van der Waals surface area contributed by atoms with Crippen LogP contribution in [0.4, 0.5) is 0 Å². The lowest BCUT2D eigenvalue weighted by Gasteiger charge is -2.18. The quantitative estimate of drug-likeness (QED) is 0.0355. The van der Waals surface area contributed by atoms with Gasteiger partial charge in [-0.1, -0.05) is 213 Å². The van der Waals surface area contributed by atoms with Gasteiger partial charge in [0, 0.05) is 19.3 Å². The maximum atomic E-state index is 12.7. The molecule has 0 unspecified atom stereocenters. The van der Waals surface area contributed by atoms with Gasteiger partial charge in [0.15, 0.2) is 6.10 Å². The van der Waals surface area contributed by atoms with E-state index in [4.69, 9.17) is 14.2 Å². The van der Waals surface area contributed by atoms with Gasteiger partial charge in [0.25, 0.3) is 0 Å². The molecule has 0 atom stereocenters. The van der Waals surface area contributed by atoms with E-state index in [1.807, 2.05) is 0 Å². The summed E-state index contributed by atoms with van der Waals surface area (Å²) < 4.78 is 16.7. The average Bonchev–Trinajstić information content (AvgIpc) is 3.12. The lowest BCUT2D eigenvalue weighted by Crippen LogP contribution is -2.30. The molecule has 0 fully saturated rings. The first-order valence-corrected chi connectivity index (χ1v) is 22.5. The van der Waals surface area contributed by atoms with E-state index in [1.54, 1.807) is 0 Å². The van der Waals surface area contributed by atoms with Crippen molar-refractivity contribution >= 4 is 17.9 Å². The molecule has 0 amide bonds. The molecule has 302 valence electrons. The summed E-state index contributed by atoms with van der Waals surface area (Å²) in [6, 6.07) is 0. The van der Waals surface area contributed by atoms with E-state index >= 15 is 0 Å². The van der Waals surface area contributed by atoms with Crippen molar-refractivity contribution in [3.8, 4) is 0 Å². The average molecular weight is 723 g/mol. The molecule has 0 aromatic rings. The van der Waals surface area contributed by atoms with Crippen molar-refractivity contribution < 1.29 is 28.6 Å². The fourth-order valence-electron chi connectivity index (χ4n) is 6.68. The van der Waals surface area contributed by atoms with Crippen molar-refractivity contribution in [1.29, 1.82) is 0 Å². The molecule has 6 heteroatoms. The van der Waals surface area contributed by atoms with Crippen LogP contribution in [0.1, 0.15) is 252 Å². The molecule has 0 aromatic carbocycles. The Balaban J connectivity index is 4.33. The lowest BCUT2D eigenvalue weighted by molar-refractivity contribution is -0.167. The largest absolute Gasteiger partial charge is 0.462 e. The standard InChI is InChI=1S/C45H86O6/c1-4-7-10-13-16-19-22-25-28-31-34-37-43(46)49-40-42(51-45(48)39-36-33-30-27-24-21-18-15-12-9-6-3)41-50-44(47)38-35-32-29-26-23-20-17-14-11-8-5-2/h42H,4-41H2,1-3H3. The SMILES string of the molecule is CCCCCCCCCCCCCC(=O)OCC(COC(=O)CCCCCCCCCCCCC)OC(=O)CCCCCCCCCCCCC. The molecule has 0 spiro atoms. The summed E-state index contributed by atoms with van der Waals surface area (Å²) >= 11 is 0. The third-order valence-corrected chi connectivity index (χ3v) is 10.1. The van der Waals surface area contributed by atoms with Crippen molar-refractivity contribution in [3.63, 3.8) is 0 Å². The summed E-state index contributed by atoms with van der Waals surface area (Å²) in [5.74, 6) is -0.854. The van der Waals surface area contributed by atoms with Gasteiger partial charge in [-0.3, -0.25) is 14.4 Å². The van der Waals surface area contributed by atoms with Crippen LogP contribution in [-0.2, 0) is 28.6 Å². The Morgan fingerprint density at radius 2 is 0.529 bits per heavy atom. The van der Waals surface area contributed by atoms with E-state index in [2.05, 4.69) is 20.8 Å². The molecule has 0 bridgehead atoms. The Morgan fingerprint density at radius 3 is 0.784 bits per heavy atom. The van der Waals surface area contributed by atoms with Gasteiger partial charge < -0.3 is 14.2 Å². The highest BCUT2D eigenvalue weighted by Crippen LogP contribution is 2.15. The molecule has 0 aliphatic heterocycles. The summed E-state index contributed by atoms with van der Waals surface area (Å²) in [4.78, 5) is 37.6. The Kier molecular flexibility index (Phi) is 39.9. The molecule has 0 aliphatic rings. The van der Waals surface area contributed by atoms with Gasteiger partial charge in [0.2, 0.25) is 0 Å². The zero-order valence-electron chi connectivity index (χ0n) is 34.4. The van der Waals surface area contributed by atoms with Crippen molar-refractivity contribution in [2.24, 2.45) is 0 Å². The fourth-order valence-corrected chi connectivity index (χ4v) is 6.68. The first-order chi connectivity index (χ1) is 25.0. The van der Waals surface area contributed by atoms with Crippen LogP contribution in [0.3, 0.4) is 0 Å². The molecule has 6 nitrogen and oxygen atoms in total. The molecule has 0 saturated carbocycles. The third kappa shape index (κ3) is 39.5. The van der Waals surface area contributed by atoms with Gasteiger partial charge in [0.1, 0.15) is 13.2 Å². The van der Waals surface area contributed by atoms with Crippen molar-refractivity contribution in [1.82, 2.24) is 0 Å². The third-order valence-electron chi connectivity index (χ3n) is 10.1. The summed E-state index contributed by atoms with van der Waals surface area (Å²) in [5, 5.41) is 0. The highest BCUT2D eigenvalue weighted by Gasteiger charge is 2.19. The normalized spacial score (nSPS) is 11.3. The molecule has 0 aliphatic carbocycles. The van der Waals surface area contributed by atoms with Crippen LogP contribution in [0.2, 0.25) is 0 Å². The van der Waals surface area contributed by atoms with Crippen molar-refractivity contribution in [3.05, 3.63) is 0 Å². The minimum atomic E-state index is -0.757. The predicted octanol–water partition coefficient (Wildman–Crippen LogP) is 14.1. The molecule has 0 aromatic heterocycles. The van der Waals surface area contributed by atoms with E-state index in [9.17, 15) is 14.4 Å². The number of esters is 3. The highest BCUT2D eigenvalue weighted by atomic mass is 16.6. The van der Waals surface area contributed by atoms with E-state index < -0.39 is 6.10 Å². The zero-order valence-corrected chi connectivity index (χ0v) is 34.4. The molecular formula is C45H86O6. The number of hydrogen-bond donors (Lipinski definition) is 0. The molecule has 51 heavy (non-hydrogen) atoms. The Morgan fingerprint density at radius 1 is 0.314 bits per heavy atom. The number of carbonyl (C=O) groups is 3. The Hall–Kier alpha value is -1.59. The number of rotatable bonds is 41. The van der Waals surface area contributed by atoms with Crippen LogP contribution in [0, 0.1) is 0 Å². The number of unbranched alkanes of at least 4 members (excludes halogenated alkanes) is 30. The van der Waals surface area contributed by atoms with Gasteiger partial charge >= 0.3 is 17.9 Å². The minimum Gasteiger partial charge on any atom is -0.462 e. The number of ether oxygens (including phenoxy) is 3. The Bertz CT molecular complexity index is 711. The molecule has 0 radical (unpaired) electrons. The summed E-state index contributed by atoms with van der Waals surface area (Å²) in [5.41, 5.74) is 0. The van der Waals surface area contributed by atoms with Crippen molar-refractivity contribution in [2.75, 3.05) is 13.2 Å². The van der Waals surface area contributed by atoms with Gasteiger partial charge in [-0.15, -0.1) is 0 Å². The summed E-state index contributed by atoms with van der Waals surface area (Å²) in [7, 11) is 0. The van der Waals surface area contributed by atoms with Gasteiger partial charge in [-0.25, -0.2) is 0 Å².